The Bertz CT molecular complexity index is 388. The zero-order valence-corrected chi connectivity index (χ0v) is 13.2. The average Bonchev–Trinajstić information content (AvgIpc) is 2.38. The second-order valence-corrected chi connectivity index (χ2v) is 5.71. The van der Waals surface area contributed by atoms with Crippen molar-refractivity contribution in [3.05, 3.63) is 29.8 Å². The first-order valence-corrected chi connectivity index (χ1v) is 6.95. The van der Waals surface area contributed by atoms with Crippen LogP contribution in [0.4, 0.5) is 0 Å². The van der Waals surface area contributed by atoms with E-state index in [9.17, 15) is 0 Å². The minimum absolute atomic E-state index is 0.0963. The molecule has 19 heavy (non-hydrogen) atoms. The van der Waals surface area contributed by atoms with Crippen LogP contribution in [0.3, 0.4) is 0 Å². The van der Waals surface area contributed by atoms with Gasteiger partial charge in [-0.15, -0.1) is 0 Å². The molecule has 108 valence electrons. The van der Waals surface area contributed by atoms with E-state index in [4.69, 9.17) is 4.74 Å². The van der Waals surface area contributed by atoms with Crippen LogP contribution in [0.2, 0.25) is 0 Å². The van der Waals surface area contributed by atoms with Gasteiger partial charge in [0.25, 0.3) is 0 Å². The third kappa shape index (κ3) is 4.22. The van der Waals surface area contributed by atoms with Crippen molar-refractivity contribution in [2.24, 2.45) is 0 Å². The standard InChI is InChI=1S/C16H28N2O/c1-7-17-15(16(2,3)18(4)5)12-13-9-8-10-14(11-13)19-6/h8-11,15,17H,7,12H2,1-6H3. The Labute approximate surface area is 118 Å². The number of nitrogens with zero attached hydrogens (tertiary/aromatic N) is 1. The Morgan fingerprint density at radius 3 is 2.53 bits per heavy atom. The molecular formula is C16H28N2O. The third-order valence-corrected chi connectivity index (χ3v) is 4.03. The zero-order chi connectivity index (χ0) is 14.5. The van der Waals surface area contributed by atoms with E-state index in [1.54, 1.807) is 7.11 Å². The Balaban J connectivity index is 2.89. The molecule has 1 unspecified atom stereocenters. The molecule has 0 aliphatic carbocycles. The first kappa shape index (κ1) is 16.0. The van der Waals surface area contributed by atoms with Gasteiger partial charge in [0.2, 0.25) is 0 Å². The molecule has 0 heterocycles. The summed E-state index contributed by atoms with van der Waals surface area (Å²) < 4.78 is 5.30. The van der Waals surface area contributed by atoms with Gasteiger partial charge in [0, 0.05) is 11.6 Å². The van der Waals surface area contributed by atoms with E-state index in [1.165, 1.54) is 5.56 Å². The molecule has 0 bridgehead atoms. The first-order chi connectivity index (χ1) is 8.91. The fourth-order valence-corrected chi connectivity index (χ4v) is 2.16. The minimum Gasteiger partial charge on any atom is -0.497 e. The lowest BCUT2D eigenvalue weighted by Gasteiger charge is -2.40. The van der Waals surface area contributed by atoms with Crippen molar-refractivity contribution in [2.75, 3.05) is 27.7 Å². The molecule has 3 heteroatoms. The number of hydrogen-bond donors (Lipinski definition) is 1. The number of likely N-dealkylation sites (N-methyl/N-ethyl adjacent to an activating group) is 2. The van der Waals surface area contributed by atoms with Crippen LogP contribution in [0.1, 0.15) is 26.3 Å². The van der Waals surface area contributed by atoms with E-state index in [0.29, 0.717) is 6.04 Å². The molecule has 1 atom stereocenters. The summed E-state index contributed by atoms with van der Waals surface area (Å²) in [6.07, 6.45) is 0.996. The fourth-order valence-electron chi connectivity index (χ4n) is 2.16. The van der Waals surface area contributed by atoms with Crippen LogP contribution in [0, 0.1) is 0 Å². The molecule has 0 saturated heterocycles. The molecule has 1 N–H and O–H groups in total. The molecule has 1 aromatic carbocycles. The second-order valence-electron chi connectivity index (χ2n) is 5.71. The highest BCUT2D eigenvalue weighted by Crippen LogP contribution is 2.21. The van der Waals surface area contributed by atoms with E-state index >= 15 is 0 Å². The van der Waals surface area contributed by atoms with Crippen molar-refractivity contribution in [2.45, 2.75) is 38.8 Å². The van der Waals surface area contributed by atoms with Crippen LogP contribution in [-0.2, 0) is 6.42 Å². The molecule has 0 aromatic heterocycles. The number of rotatable bonds is 7. The fraction of sp³-hybridized carbons (Fsp3) is 0.625. The van der Waals surface area contributed by atoms with Crippen LogP contribution < -0.4 is 10.1 Å². The van der Waals surface area contributed by atoms with Crippen molar-refractivity contribution in [1.29, 1.82) is 0 Å². The Morgan fingerprint density at radius 1 is 1.32 bits per heavy atom. The molecule has 0 aliphatic heterocycles. The molecule has 0 spiro atoms. The van der Waals surface area contributed by atoms with Gasteiger partial charge in [-0.25, -0.2) is 0 Å². The van der Waals surface area contributed by atoms with E-state index in [2.05, 4.69) is 63.3 Å². The summed E-state index contributed by atoms with van der Waals surface area (Å²) >= 11 is 0. The Morgan fingerprint density at radius 2 is 2.00 bits per heavy atom. The largest absolute Gasteiger partial charge is 0.497 e. The van der Waals surface area contributed by atoms with E-state index in [-0.39, 0.29) is 5.54 Å². The molecule has 3 nitrogen and oxygen atoms in total. The maximum atomic E-state index is 5.30. The zero-order valence-electron chi connectivity index (χ0n) is 13.2. The van der Waals surface area contributed by atoms with E-state index < -0.39 is 0 Å². The summed E-state index contributed by atoms with van der Waals surface area (Å²) in [5.41, 5.74) is 1.40. The van der Waals surface area contributed by atoms with Crippen LogP contribution in [0.15, 0.2) is 24.3 Å². The SMILES string of the molecule is CCNC(Cc1cccc(OC)c1)C(C)(C)N(C)C. The quantitative estimate of drug-likeness (QED) is 0.819. The lowest BCUT2D eigenvalue weighted by molar-refractivity contribution is 0.138. The summed E-state index contributed by atoms with van der Waals surface area (Å²) in [4.78, 5) is 2.28. The van der Waals surface area contributed by atoms with Crippen LogP contribution in [0.25, 0.3) is 0 Å². The number of ether oxygens (including phenoxy) is 1. The van der Waals surface area contributed by atoms with Gasteiger partial charge >= 0.3 is 0 Å². The average molecular weight is 264 g/mol. The van der Waals surface area contributed by atoms with Crippen molar-refractivity contribution in [3.63, 3.8) is 0 Å². The lowest BCUT2D eigenvalue weighted by Crippen LogP contribution is -2.56. The predicted octanol–water partition coefficient (Wildman–Crippen LogP) is 2.56. The Hall–Kier alpha value is -1.06. The lowest BCUT2D eigenvalue weighted by atomic mass is 9.88. The summed E-state index contributed by atoms with van der Waals surface area (Å²) in [6.45, 7) is 7.69. The highest BCUT2D eigenvalue weighted by Gasteiger charge is 2.30. The summed E-state index contributed by atoms with van der Waals surface area (Å²) in [5.74, 6) is 0.926. The highest BCUT2D eigenvalue weighted by atomic mass is 16.5. The van der Waals surface area contributed by atoms with Crippen molar-refractivity contribution < 1.29 is 4.74 Å². The predicted molar refractivity (Wildman–Crippen MR) is 81.9 cm³/mol. The van der Waals surface area contributed by atoms with E-state index in [0.717, 1.165) is 18.7 Å². The highest BCUT2D eigenvalue weighted by molar-refractivity contribution is 5.29. The van der Waals surface area contributed by atoms with Crippen LogP contribution in [-0.4, -0.2) is 44.2 Å². The van der Waals surface area contributed by atoms with Crippen molar-refractivity contribution in [1.82, 2.24) is 10.2 Å². The molecule has 0 amide bonds. The van der Waals surface area contributed by atoms with Crippen LogP contribution in [0.5, 0.6) is 5.75 Å². The number of methoxy groups -OCH3 is 1. The molecule has 0 radical (unpaired) electrons. The van der Waals surface area contributed by atoms with Gasteiger partial charge in [-0.3, -0.25) is 0 Å². The van der Waals surface area contributed by atoms with Gasteiger partial charge in [0.05, 0.1) is 7.11 Å². The molecule has 1 aromatic rings. The monoisotopic (exact) mass is 264 g/mol. The van der Waals surface area contributed by atoms with Gasteiger partial charge in [-0.05, 0) is 58.6 Å². The van der Waals surface area contributed by atoms with E-state index in [1.807, 2.05) is 6.07 Å². The van der Waals surface area contributed by atoms with Gasteiger partial charge in [0.15, 0.2) is 0 Å². The molecule has 0 fully saturated rings. The summed E-state index contributed by atoms with van der Waals surface area (Å²) in [7, 11) is 5.98. The third-order valence-electron chi connectivity index (χ3n) is 4.03. The molecule has 0 aliphatic rings. The van der Waals surface area contributed by atoms with Gasteiger partial charge in [-0.1, -0.05) is 19.1 Å². The number of nitrogens with one attached hydrogen (secondary N) is 1. The van der Waals surface area contributed by atoms with Gasteiger partial charge < -0.3 is 15.0 Å². The number of hydrogen-bond acceptors (Lipinski definition) is 3. The maximum absolute atomic E-state index is 5.30. The second kappa shape index (κ2) is 6.92. The van der Waals surface area contributed by atoms with Crippen LogP contribution >= 0.6 is 0 Å². The summed E-state index contributed by atoms with van der Waals surface area (Å²) in [6, 6.07) is 8.73. The van der Waals surface area contributed by atoms with Gasteiger partial charge in [0.1, 0.15) is 5.75 Å². The maximum Gasteiger partial charge on any atom is 0.119 e. The first-order valence-electron chi connectivity index (χ1n) is 6.95. The molecular weight excluding hydrogens is 236 g/mol. The number of benzene rings is 1. The van der Waals surface area contributed by atoms with Crippen molar-refractivity contribution >= 4 is 0 Å². The Kier molecular flexibility index (Phi) is 5.83. The normalized spacial score (nSPS) is 13.6. The topological polar surface area (TPSA) is 24.5 Å². The minimum atomic E-state index is 0.0963. The smallest absolute Gasteiger partial charge is 0.119 e. The molecule has 1 rings (SSSR count). The molecule has 0 saturated carbocycles. The van der Waals surface area contributed by atoms with Gasteiger partial charge in [-0.2, -0.15) is 0 Å². The van der Waals surface area contributed by atoms with Crippen molar-refractivity contribution in [3.8, 4) is 5.75 Å². The summed E-state index contributed by atoms with van der Waals surface area (Å²) in [5, 5.41) is 3.61.